The molecule has 0 saturated carbocycles. The third-order valence-corrected chi connectivity index (χ3v) is 4.38. The van der Waals surface area contributed by atoms with Crippen molar-refractivity contribution in [2.75, 3.05) is 0 Å². The summed E-state index contributed by atoms with van der Waals surface area (Å²) in [6.07, 6.45) is 0. The van der Waals surface area contributed by atoms with Crippen LogP contribution in [0.3, 0.4) is 0 Å². The number of aliphatic imine (C=N–C) groups is 1. The van der Waals surface area contributed by atoms with E-state index < -0.39 is 0 Å². The fraction of sp³-hybridized carbons (Fsp3) is 0. The summed E-state index contributed by atoms with van der Waals surface area (Å²) >= 11 is 3.03. The van der Waals surface area contributed by atoms with Gasteiger partial charge in [-0.2, -0.15) is 0 Å². The Bertz CT molecular complexity index is 730. The highest BCUT2D eigenvalue weighted by molar-refractivity contribution is 7.14. The molecule has 3 aromatic rings. The number of thiophene rings is 1. The van der Waals surface area contributed by atoms with Gasteiger partial charge in [0.2, 0.25) is 5.13 Å². The third kappa shape index (κ3) is 2.47. The zero-order valence-corrected chi connectivity index (χ0v) is 11.5. The normalized spacial score (nSPS) is 10.6. The van der Waals surface area contributed by atoms with Gasteiger partial charge in [-0.3, -0.25) is 0 Å². The molecule has 0 unspecified atom stereocenters. The van der Waals surface area contributed by atoms with Gasteiger partial charge in [0.05, 0.1) is 5.69 Å². The van der Waals surface area contributed by atoms with Gasteiger partial charge in [-0.1, -0.05) is 12.1 Å². The predicted octanol–water partition coefficient (Wildman–Crippen LogP) is 5.01. The van der Waals surface area contributed by atoms with Crippen LogP contribution < -0.4 is 0 Å². The molecule has 0 atom stereocenters. The second-order valence-corrected chi connectivity index (χ2v) is 5.63. The summed E-state index contributed by atoms with van der Waals surface area (Å²) in [6, 6.07) is 8.61. The summed E-state index contributed by atoms with van der Waals surface area (Å²) < 4.78 is 13.2. The Morgan fingerprint density at radius 1 is 1.11 bits per heavy atom. The van der Waals surface area contributed by atoms with Crippen LogP contribution in [0.2, 0.25) is 0 Å². The first-order valence-electron chi connectivity index (χ1n) is 5.53. The lowest BCUT2D eigenvalue weighted by Gasteiger charge is -1.96. The van der Waals surface area contributed by atoms with Crippen LogP contribution in [0.25, 0.3) is 21.7 Å². The number of nitrogens with zero attached hydrogens (tertiary/aromatic N) is 2. The van der Waals surface area contributed by atoms with Crippen LogP contribution in [0.4, 0.5) is 9.52 Å². The zero-order valence-electron chi connectivity index (χ0n) is 9.84. The lowest BCUT2D eigenvalue weighted by atomic mass is 10.1. The Labute approximate surface area is 117 Å². The summed E-state index contributed by atoms with van der Waals surface area (Å²) in [5, 5.41) is 4.62. The summed E-state index contributed by atoms with van der Waals surface area (Å²) in [5.41, 5.74) is 2.79. The van der Waals surface area contributed by atoms with Gasteiger partial charge in [-0.25, -0.2) is 14.4 Å². The molecule has 1 aromatic carbocycles. The van der Waals surface area contributed by atoms with E-state index in [0.29, 0.717) is 5.13 Å². The van der Waals surface area contributed by atoms with Crippen molar-refractivity contribution >= 4 is 34.5 Å². The molecule has 0 spiro atoms. The van der Waals surface area contributed by atoms with E-state index in [-0.39, 0.29) is 5.82 Å². The molecule has 0 aliphatic rings. The first-order valence-corrected chi connectivity index (χ1v) is 7.29. The van der Waals surface area contributed by atoms with Crippen molar-refractivity contribution in [2.45, 2.75) is 0 Å². The Hall–Kier alpha value is -1.85. The predicted molar refractivity (Wildman–Crippen MR) is 80.0 cm³/mol. The summed E-state index contributed by atoms with van der Waals surface area (Å²) in [4.78, 5) is 9.17. The molecule has 3 rings (SSSR count). The molecular weight excluding hydrogens is 279 g/mol. The van der Waals surface area contributed by atoms with E-state index in [2.05, 4.69) is 16.7 Å². The lowest BCUT2D eigenvalue weighted by Crippen LogP contribution is -1.76. The molecular formula is C14H9FN2S2. The molecule has 0 saturated heterocycles. The maximum atomic E-state index is 13.2. The number of aromatic nitrogens is 1. The lowest BCUT2D eigenvalue weighted by molar-refractivity contribution is 0.628. The number of rotatable bonds is 3. The fourth-order valence-corrected chi connectivity index (χ4v) is 3.27. The van der Waals surface area contributed by atoms with Crippen LogP contribution in [0.5, 0.6) is 0 Å². The van der Waals surface area contributed by atoms with Crippen LogP contribution in [0.1, 0.15) is 0 Å². The maximum Gasteiger partial charge on any atom is 0.209 e. The van der Waals surface area contributed by atoms with E-state index in [1.807, 2.05) is 22.9 Å². The number of benzene rings is 1. The second-order valence-electron chi connectivity index (χ2n) is 3.88. The standard InChI is InChI=1S/C14H9FN2S2/c1-16-14-17-12(8-19-14)10-6-13(18-7-10)9-3-2-4-11(15)5-9/h2-8H,1H2. The van der Waals surface area contributed by atoms with Gasteiger partial charge in [0.1, 0.15) is 5.82 Å². The van der Waals surface area contributed by atoms with E-state index in [1.54, 1.807) is 17.4 Å². The fourth-order valence-electron chi connectivity index (χ4n) is 1.73. The monoisotopic (exact) mass is 288 g/mol. The van der Waals surface area contributed by atoms with Crippen LogP contribution in [-0.2, 0) is 0 Å². The summed E-state index contributed by atoms with van der Waals surface area (Å²) in [5.74, 6) is -0.223. The van der Waals surface area contributed by atoms with Gasteiger partial charge in [-0.15, -0.1) is 22.7 Å². The smallest absolute Gasteiger partial charge is 0.209 e. The Morgan fingerprint density at radius 2 is 2.00 bits per heavy atom. The van der Waals surface area contributed by atoms with Crippen molar-refractivity contribution in [1.29, 1.82) is 0 Å². The maximum absolute atomic E-state index is 13.2. The number of halogens is 1. The van der Waals surface area contributed by atoms with E-state index in [9.17, 15) is 4.39 Å². The molecule has 94 valence electrons. The molecule has 0 N–H and O–H groups in total. The van der Waals surface area contributed by atoms with E-state index >= 15 is 0 Å². The van der Waals surface area contributed by atoms with Crippen molar-refractivity contribution in [2.24, 2.45) is 4.99 Å². The number of hydrogen-bond donors (Lipinski definition) is 0. The molecule has 0 amide bonds. The first kappa shape index (κ1) is 12.2. The largest absolute Gasteiger partial charge is 0.236 e. The van der Waals surface area contributed by atoms with Crippen LogP contribution in [-0.4, -0.2) is 11.7 Å². The Balaban J connectivity index is 1.97. The van der Waals surface area contributed by atoms with Crippen molar-refractivity contribution in [3.63, 3.8) is 0 Å². The molecule has 0 radical (unpaired) electrons. The average molecular weight is 288 g/mol. The zero-order chi connectivity index (χ0) is 13.2. The molecule has 2 aromatic heterocycles. The SMILES string of the molecule is C=Nc1nc(-c2csc(-c3cccc(F)c3)c2)cs1. The van der Waals surface area contributed by atoms with Gasteiger partial charge in [-0.05, 0) is 30.5 Å². The highest BCUT2D eigenvalue weighted by Gasteiger charge is 2.08. The molecule has 19 heavy (non-hydrogen) atoms. The van der Waals surface area contributed by atoms with Gasteiger partial charge < -0.3 is 0 Å². The minimum absolute atomic E-state index is 0.223. The van der Waals surface area contributed by atoms with Gasteiger partial charge in [0.15, 0.2) is 0 Å². The van der Waals surface area contributed by atoms with Gasteiger partial charge in [0, 0.05) is 21.2 Å². The molecule has 0 aliphatic carbocycles. The number of hydrogen-bond acceptors (Lipinski definition) is 4. The third-order valence-electron chi connectivity index (χ3n) is 2.63. The van der Waals surface area contributed by atoms with E-state index in [0.717, 1.165) is 21.7 Å². The summed E-state index contributed by atoms with van der Waals surface area (Å²) in [6.45, 7) is 3.46. The Morgan fingerprint density at radius 3 is 2.74 bits per heavy atom. The molecule has 0 fully saturated rings. The van der Waals surface area contributed by atoms with Crippen LogP contribution in [0.15, 0.2) is 46.1 Å². The molecule has 5 heteroatoms. The topological polar surface area (TPSA) is 25.2 Å². The van der Waals surface area contributed by atoms with Crippen molar-refractivity contribution in [3.05, 3.63) is 46.9 Å². The molecule has 2 heterocycles. The highest BCUT2D eigenvalue weighted by atomic mass is 32.1. The molecule has 0 aliphatic heterocycles. The second kappa shape index (κ2) is 5.03. The molecule has 2 nitrogen and oxygen atoms in total. The first-order chi connectivity index (χ1) is 9.26. The quantitative estimate of drug-likeness (QED) is 0.622. The average Bonchev–Trinajstić information content (AvgIpc) is 3.07. The van der Waals surface area contributed by atoms with Crippen molar-refractivity contribution in [1.82, 2.24) is 4.98 Å². The minimum Gasteiger partial charge on any atom is -0.236 e. The van der Waals surface area contributed by atoms with Crippen molar-refractivity contribution < 1.29 is 4.39 Å². The summed E-state index contributed by atoms with van der Waals surface area (Å²) in [7, 11) is 0. The van der Waals surface area contributed by atoms with E-state index in [1.165, 1.54) is 23.5 Å². The van der Waals surface area contributed by atoms with Crippen LogP contribution in [0, 0.1) is 5.82 Å². The Kier molecular flexibility index (Phi) is 3.23. The van der Waals surface area contributed by atoms with E-state index in [4.69, 9.17) is 0 Å². The molecule has 0 bridgehead atoms. The highest BCUT2D eigenvalue weighted by Crippen LogP contribution is 2.34. The minimum atomic E-state index is -0.223. The van der Waals surface area contributed by atoms with Crippen LogP contribution >= 0.6 is 22.7 Å². The van der Waals surface area contributed by atoms with Gasteiger partial charge >= 0.3 is 0 Å². The number of thiazole rings is 1. The van der Waals surface area contributed by atoms with Crippen molar-refractivity contribution in [3.8, 4) is 21.7 Å². The van der Waals surface area contributed by atoms with Gasteiger partial charge in [0.25, 0.3) is 0 Å².